The molecule has 0 fully saturated rings. The summed E-state index contributed by atoms with van der Waals surface area (Å²) < 4.78 is 33.7. The number of fused-ring (bicyclic) bond motifs is 1. The summed E-state index contributed by atoms with van der Waals surface area (Å²) >= 11 is 0. The number of rotatable bonds is 5. The molecule has 0 saturated heterocycles. The van der Waals surface area contributed by atoms with Crippen molar-refractivity contribution in [1.29, 1.82) is 0 Å². The topological polar surface area (TPSA) is 72.4 Å². The van der Waals surface area contributed by atoms with E-state index in [4.69, 9.17) is 4.74 Å². The summed E-state index contributed by atoms with van der Waals surface area (Å²) in [7, 11) is 3.39. The number of hydrogen-bond donors (Lipinski definition) is 2. The van der Waals surface area contributed by atoms with E-state index in [-0.39, 0.29) is 17.7 Å². The summed E-state index contributed by atoms with van der Waals surface area (Å²) in [5.41, 5.74) is 2.43. The third-order valence-corrected chi connectivity index (χ3v) is 4.72. The lowest BCUT2D eigenvalue weighted by Crippen LogP contribution is -2.34. The van der Waals surface area contributed by atoms with Crippen LogP contribution in [0.4, 0.5) is 8.78 Å². The van der Waals surface area contributed by atoms with Gasteiger partial charge in [-0.15, -0.1) is 0 Å². The Labute approximate surface area is 155 Å². The van der Waals surface area contributed by atoms with Crippen LogP contribution in [0.3, 0.4) is 0 Å². The third kappa shape index (κ3) is 3.94. The van der Waals surface area contributed by atoms with E-state index in [0.717, 1.165) is 48.7 Å². The molecule has 0 bridgehead atoms. The molecule has 3 rings (SSSR count). The summed E-state index contributed by atoms with van der Waals surface area (Å²) in [6, 6.07) is 4.34. The lowest BCUT2D eigenvalue weighted by Gasteiger charge is -2.24. The molecule has 6 nitrogen and oxygen atoms in total. The fourth-order valence-corrected chi connectivity index (χ4v) is 3.37. The van der Waals surface area contributed by atoms with Crippen molar-refractivity contribution in [3.63, 3.8) is 0 Å². The van der Waals surface area contributed by atoms with E-state index >= 15 is 0 Å². The van der Waals surface area contributed by atoms with Crippen molar-refractivity contribution in [2.75, 3.05) is 13.7 Å². The van der Waals surface area contributed by atoms with Crippen LogP contribution in [0.25, 0.3) is 0 Å². The summed E-state index contributed by atoms with van der Waals surface area (Å²) in [5, 5.41) is 5.45. The van der Waals surface area contributed by atoms with Crippen molar-refractivity contribution in [3.05, 3.63) is 52.9 Å². The van der Waals surface area contributed by atoms with Gasteiger partial charge < -0.3 is 19.9 Å². The predicted molar refractivity (Wildman–Crippen MR) is 94.5 cm³/mol. The molecule has 1 aliphatic carbocycles. The van der Waals surface area contributed by atoms with Crippen LogP contribution in [0.1, 0.15) is 40.6 Å². The van der Waals surface area contributed by atoms with Crippen LogP contribution >= 0.6 is 0 Å². The van der Waals surface area contributed by atoms with Crippen molar-refractivity contribution < 1.29 is 23.1 Å². The van der Waals surface area contributed by atoms with E-state index in [1.807, 2.05) is 11.6 Å². The van der Waals surface area contributed by atoms with Gasteiger partial charge in [-0.05, 0) is 43.0 Å². The van der Waals surface area contributed by atoms with Crippen molar-refractivity contribution in [2.45, 2.75) is 25.3 Å². The Hall–Kier alpha value is -2.90. The minimum atomic E-state index is -0.734. The SMILES string of the molecule is CNC(=O)c1cc2c(n1C)CCCC2NC(=O)COc1cc(F)ccc1F. The lowest BCUT2D eigenvalue weighted by atomic mass is 9.92. The van der Waals surface area contributed by atoms with Crippen LogP contribution in [0, 0.1) is 11.6 Å². The molecule has 1 aromatic carbocycles. The highest BCUT2D eigenvalue weighted by Gasteiger charge is 2.27. The maximum absolute atomic E-state index is 13.6. The number of carbonyl (C=O) groups is 2. The number of amides is 2. The number of benzene rings is 1. The number of halogens is 2. The minimum absolute atomic E-state index is 0.193. The minimum Gasteiger partial charge on any atom is -0.481 e. The quantitative estimate of drug-likeness (QED) is 0.839. The molecule has 2 amide bonds. The zero-order chi connectivity index (χ0) is 19.6. The largest absolute Gasteiger partial charge is 0.481 e. The summed E-state index contributed by atoms with van der Waals surface area (Å²) in [4.78, 5) is 24.2. The van der Waals surface area contributed by atoms with Gasteiger partial charge in [-0.1, -0.05) is 0 Å². The Kier molecular flexibility index (Phi) is 5.43. The first-order valence-electron chi connectivity index (χ1n) is 8.68. The molecule has 1 aromatic heterocycles. The average Bonchev–Trinajstić information content (AvgIpc) is 3.00. The van der Waals surface area contributed by atoms with Gasteiger partial charge in [0.25, 0.3) is 11.8 Å². The van der Waals surface area contributed by atoms with Gasteiger partial charge in [0.15, 0.2) is 18.2 Å². The zero-order valence-corrected chi connectivity index (χ0v) is 15.1. The molecule has 1 aliphatic rings. The van der Waals surface area contributed by atoms with Gasteiger partial charge in [0.1, 0.15) is 11.5 Å². The molecular formula is C19H21F2N3O3. The van der Waals surface area contributed by atoms with E-state index in [1.54, 1.807) is 13.1 Å². The second kappa shape index (κ2) is 7.77. The van der Waals surface area contributed by atoms with Crippen LogP contribution in [-0.2, 0) is 18.3 Å². The number of hydrogen-bond acceptors (Lipinski definition) is 3. The van der Waals surface area contributed by atoms with Gasteiger partial charge in [0, 0.05) is 25.9 Å². The van der Waals surface area contributed by atoms with E-state index in [9.17, 15) is 18.4 Å². The van der Waals surface area contributed by atoms with E-state index in [0.29, 0.717) is 5.69 Å². The molecule has 1 atom stereocenters. The highest BCUT2D eigenvalue weighted by atomic mass is 19.1. The van der Waals surface area contributed by atoms with E-state index in [2.05, 4.69) is 10.6 Å². The normalized spacial score (nSPS) is 15.8. The maximum atomic E-state index is 13.6. The standard InChI is InChI=1S/C19H21F2N3O3/c1-22-19(26)16-9-12-14(4-3-5-15(12)24(16)2)23-18(25)10-27-17-8-11(20)6-7-13(17)21/h6-9,14H,3-5,10H2,1-2H3,(H,22,26)(H,23,25). The monoisotopic (exact) mass is 377 g/mol. The van der Waals surface area contributed by atoms with Gasteiger partial charge in [-0.2, -0.15) is 0 Å². The summed E-state index contributed by atoms with van der Waals surface area (Å²) in [6.45, 7) is -0.429. The van der Waals surface area contributed by atoms with Crippen molar-refractivity contribution >= 4 is 11.8 Å². The Morgan fingerprint density at radius 1 is 1.30 bits per heavy atom. The van der Waals surface area contributed by atoms with Gasteiger partial charge >= 0.3 is 0 Å². The zero-order valence-electron chi connectivity index (χ0n) is 15.1. The predicted octanol–water partition coefficient (Wildman–Crippen LogP) is 2.24. The molecule has 8 heteroatoms. The highest BCUT2D eigenvalue weighted by Crippen LogP contribution is 2.32. The molecule has 1 heterocycles. The Morgan fingerprint density at radius 2 is 2.07 bits per heavy atom. The first-order valence-corrected chi connectivity index (χ1v) is 8.68. The lowest BCUT2D eigenvalue weighted by molar-refractivity contribution is -0.124. The van der Waals surface area contributed by atoms with E-state index in [1.165, 1.54) is 0 Å². The van der Waals surface area contributed by atoms with Crippen LogP contribution in [-0.4, -0.2) is 30.0 Å². The molecular weight excluding hydrogens is 356 g/mol. The fraction of sp³-hybridized carbons (Fsp3) is 0.368. The second-order valence-electron chi connectivity index (χ2n) is 6.45. The van der Waals surface area contributed by atoms with E-state index < -0.39 is 24.1 Å². The van der Waals surface area contributed by atoms with Crippen molar-refractivity contribution in [3.8, 4) is 5.75 Å². The van der Waals surface area contributed by atoms with Crippen LogP contribution < -0.4 is 15.4 Å². The number of ether oxygens (including phenoxy) is 1. The van der Waals surface area contributed by atoms with Crippen LogP contribution in [0.5, 0.6) is 5.75 Å². The van der Waals surface area contributed by atoms with Crippen molar-refractivity contribution in [2.24, 2.45) is 7.05 Å². The fourth-order valence-electron chi connectivity index (χ4n) is 3.37. The summed E-state index contributed by atoms with van der Waals surface area (Å²) in [6.07, 6.45) is 2.41. The molecule has 0 spiro atoms. The number of aromatic nitrogens is 1. The van der Waals surface area contributed by atoms with Gasteiger partial charge in [0.05, 0.1) is 6.04 Å². The maximum Gasteiger partial charge on any atom is 0.267 e. The smallest absolute Gasteiger partial charge is 0.267 e. The molecule has 0 aliphatic heterocycles. The van der Waals surface area contributed by atoms with Crippen molar-refractivity contribution in [1.82, 2.24) is 15.2 Å². The first kappa shape index (κ1) is 18.9. The molecule has 2 N–H and O–H groups in total. The summed E-state index contributed by atoms with van der Waals surface area (Å²) in [5.74, 6) is -2.32. The average molecular weight is 377 g/mol. The molecule has 1 unspecified atom stereocenters. The third-order valence-electron chi connectivity index (χ3n) is 4.72. The van der Waals surface area contributed by atoms with Gasteiger partial charge in [-0.25, -0.2) is 8.78 Å². The number of nitrogens with zero attached hydrogens (tertiary/aromatic N) is 1. The first-order chi connectivity index (χ1) is 12.9. The molecule has 2 aromatic rings. The second-order valence-corrected chi connectivity index (χ2v) is 6.45. The molecule has 27 heavy (non-hydrogen) atoms. The highest BCUT2D eigenvalue weighted by molar-refractivity contribution is 5.93. The van der Waals surface area contributed by atoms with Crippen LogP contribution in [0.15, 0.2) is 24.3 Å². The van der Waals surface area contributed by atoms with Gasteiger partial charge in [-0.3, -0.25) is 9.59 Å². The van der Waals surface area contributed by atoms with Crippen LogP contribution in [0.2, 0.25) is 0 Å². The Balaban J connectivity index is 1.69. The number of nitrogens with one attached hydrogen (secondary N) is 2. The Bertz CT molecular complexity index is 879. The van der Waals surface area contributed by atoms with Gasteiger partial charge in [0.2, 0.25) is 0 Å². The Morgan fingerprint density at radius 3 is 2.81 bits per heavy atom. The number of carbonyl (C=O) groups excluding carboxylic acids is 2. The molecule has 0 radical (unpaired) electrons. The molecule has 144 valence electrons. The molecule has 0 saturated carbocycles.